The largest absolute Gasteiger partial charge is 0.316 e. The minimum absolute atomic E-state index is 0.458. The molecule has 0 amide bonds. The van der Waals surface area contributed by atoms with E-state index in [0.29, 0.717) is 12.0 Å². The van der Waals surface area contributed by atoms with Gasteiger partial charge in [-0.15, -0.1) is 0 Å². The maximum absolute atomic E-state index is 5.67. The molecule has 0 bridgehead atoms. The van der Waals surface area contributed by atoms with E-state index in [9.17, 15) is 0 Å². The summed E-state index contributed by atoms with van der Waals surface area (Å²) in [5.41, 5.74) is 2.66. The van der Waals surface area contributed by atoms with Crippen LogP contribution in [0.2, 0.25) is 0 Å². The molecule has 1 fully saturated rings. The molecule has 1 aromatic rings. The summed E-state index contributed by atoms with van der Waals surface area (Å²) in [7, 11) is 0. The lowest BCUT2D eigenvalue weighted by Crippen LogP contribution is -2.42. The highest BCUT2D eigenvalue weighted by atomic mass is 32.1. The van der Waals surface area contributed by atoms with Crippen molar-refractivity contribution in [3.63, 3.8) is 0 Å². The van der Waals surface area contributed by atoms with Crippen molar-refractivity contribution in [1.82, 2.24) is 4.90 Å². The second kappa shape index (κ2) is 3.39. The quantitative estimate of drug-likeness (QED) is 0.650. The Bertz CT molecular complexity index is 535. The molecular weight excluding hydrogens is 228 g/mol. The minimum Gasteiger partial charge on any atom is -0.316 e. The van der Waals surface area contributed by atoms with Gasteiger partial charge in [0.25, 0.3) is 0 Å². The minimum atomic E-state index is 0.458. The van der Waals surface area contributed by atoms with Crippen LogP contribution in [0.15, 0.2) is 29.3 Å². The molecule has 3 aliphatic rings. The van der Waals surface area contributed by atoms with E-state index in [0.717, 1.165) is 17.4 Å². The van der Waals surface area contributed by atoms with Gasteiger partial charge in [-0.05, 0) is 18.4 Å². The summed E-state index contributed by atoms with van der Waals surface area (Å²) in [4.78, 5) is 8.34. The van der Waals surface area contributed by atoms with Gasteiger partial charge in [-0.2, -0.15) is 0 Å². The highest BCUT2D eigenvalue weighted by molar-refractivity contribution is 7.80. The van der Waals surface area contributed by atoms with Gasteiger partial charge in [-0.25, -0.2) is 0 Å². The third-order valence-corrected chi connectivity index (χ3v) is 4.72. The Morgan fingerprint density at radius 1 is 1.24 bits per heavy atom. The first kappa shape index (κ1) is 9.77. The van der Waals surface area contributed by atoms with Gasteiger partial charge in [-0.3, -0.25) is 4.99 Å². The number of benzene rings is 1. The maximum Gasteiger partial charge on any atom is 0.136 e. The molecule has 2 heterocycles. The molecule has 0 spiro atoms. The summed E-state index contributed by atoms with van der Waals surface area (Å²) in [6.07, 6.45) is 3.72. The molecule has 17 heavy (non-hydrogen) atoms. The molecule has 0 unspecified atom stereocenters. The monoisotopic (exact) mass is 242 g/mol. The van der Waals surface area contributed by atoms with Crippen LogP contribution in [0.1, 0.15) is 30.4 Å². The number of hydrogen-bond acceptors (Lipinski definition) is 2. The number of nitrogens with zero attached hydrogens (tertiary/aromatic N) is 2. The Kier molecular flexibility index (Phi) is 1.95. The van der Waals surface area contributed by atoms with Crippen molar-refractivity contribution in [2.24, 2.45) is 10.9 Å². The summed E-state index contributed by atoms with van der Waals surface area (Å²) in [5, 5.41) is 0. The zero-order valence-electron chi connectivity index (χ0n) is 9.60. The lowest BCUT2D eigenvalue weighted by Gasteiger charge is -2.32. The molecule has 2 atom stereocenters. The summed E-state index contributed by atoms with van der Waals surface area (Å²) in [6.45, 7) is 0.928. The number of rotatable bonds is 0. The average Bonchev–Trinajstić information content (AvgIpc) is 2.94. The van der Waals surface area contributed by atoms with Crippen LogP contribution in [0.4, 0.5) is 0 Å². The smallest absolute Gasteiger partial charge is 0.136 e. The number of fused-ring (bicyclic) bond motifs is 4. The molecule has 3 heteroatoms. The van der Waals surface area contributed by atoms with Gasteiger partial charge in [0.15, 0.2) is 0 Å². The van der Waals surface area contributed by atoms with Crippen LogP contribution in [-0.2, 0) is 6.54 Å². The van der Waals surface area contributed by atoms with E-state index >= 15 is 0 Å². The van der Waals surface area contributed by atoms with Crippen LogP contribution in [0, 0.1) is 5.92 Å². The first-order valence-electron chi connectivity index (χ1n) is 6.32. The molecule has 0 radical (unpaired) electrons. The Morgan fingerprint density at radius 2 is 2.12 bits per heavy atom. The summed E-state index contributed by atoms with van der Waals surface area (Å²) >= 11 is 5.67. The van der Waals surface area contributed by atoms with E-state index in [1.54, 1.807) is 0 Å². The highest BCUT2D eigenvalue weighted by Crippen LogP contribution is 2.38. The van der Waals surface area contributed by atoms with Gasteiger partial charge < -0.3 is 4.90 Å². The SMILES string of the molecule is S=C1[C@@H]2CCC[C@@H]2N=C2c3ccccc3CN12. The normalized spacial score (nSPS) is 29.8. The lowest BCUT2D eigenvalue weighted by atomic mass is 10.0. The summed E-state index contributed by atoms with van der Waals surface area (Å²) < 4.78 is 0. The molecule has 0 saturated heterocycles. The molecule has 0 aromatic heterocycles. The second-order valence-corrected chi connectivity index (χ2v) is 5.56. The van der Waals surface area contributed by atoms with Gasteiger partial charge in [0.1, 0.15) is 5.84 Å². The molecule has 4 rings (SSSR count). The van der Waals surface area contributed by atoms with Gasteiger partial charge in [0.2, 0.25) is 0 Å². The van der Waals surface area contributed by atoms with Crippen molar-refractivity contribution in [2.45, 2.75) is 31.8 Å². The van der Waals surface area contributed by atoms with E-state index in [2.05, 4.69) is 29.2 Å². The Morgan fingerprint density at radius 3 is 3.06 bits per heavy atom. The van der Waals surface area contributed by atoms with Crippen molar-refractivity contribution < 1.29 is 0 Å². The number of amidine groups is 1. The van der Waals surface area contributed by atoms with E-state index < -0.39 is 0 Å². The van der Waals surface area contributed by atoms with Crippen molar-refractivity contribution in [3.05, 3.63) is 35.4 Å². The third kappa shape index (κ3) is 1.26. The second-order valence-electron chi connectivity index (χ2n) is 5.14. The fourth-order valence-electron chi connectivity index (χ4n) is 3.33. The first-order chi connectivity index (χ1) is 8.34. The van der Waals surface area contributed by atoms with Crippen LogP contribution < -0.4 is 0 Å². The Labute approximate surface area is 106 Å². The molecule has 2 nitrogen and oxygen atoms in total. The number of thiocarbonyl (C=S) groups is 1. The van der Waals surface area contributed by atoms with Crippen LogP contribution in [0.25, 0.3) is 0 Å². The zero-order valence-corrected chi connectivity index (χ0v) is 10.4. The van der Waals surface area contributed by atoms with Crippen LogP contribution in [0.3, 0.4) is 0 Å². The van der Waals surface area contributed by atoms with Crippen LogP contribution in [0.5, 0.6) is 0 Å². The van der Waals surface area contributed by atoms with Crippen LogP contribution in [-0.4, -0.2) is 21.8 Å². The first-order valence-corrected chi connectivity index (χ1v) is 6.73. The zero-order chi connectivity index (χ0) is 11.4. The molecular formula is C14H14N2S. The summed E-state index contributed by atoms with van der Waals surface area (Å²) in [5.74, 6) is 1.66. The van der Waals surface area contributed by atoms with Gasteiger partial charge >= 0.3 is 0 Å². The van der Waals surface area contributed by atoms with Crippen molar-refractivity contribution in [2.75, 3.05) is 0 Å². The van der Waals surface area contributed by atoms with Crippen molar-refractivity contribution >= 4 is 23.0 Å². The number of hydrogen-bond donors (Lipinski definition) is 0. The predicted molar refractivity (Wildman–Crippen MR) is 72.2 cm³/mol. The maximum atomic E-state index is 5.67. The molecule has 1 aliphatic carbocycles. The highest BCUT2D eigenvalue weighted by Gasteiger charge is 2.41. The molecule has 1 saturated carbocycles. The Hall–Kier alpha value is -1.22. The van der Waals surface area contributed by atoms with E-state index in [1.807, 2.05) is 0 Å². The molecule has 0 N–H and O–H groups in total. The number of aliphatic imine (C=N–C) groups is 1. The summed E-state index contributed by atoms with van der Waals surface area (Å²) in [6, 6.07) is 9.01. The van der Waals surface area contributed by atoms with Gasteiger partial charge in [0, 0.05) is 11.5 Å². The van der Waals surface area contributed by atoms with Crippen molar-refractivity contribution in [1.29, 1.82) is 0 Å². The Balaban J connectivity index is 1.86. The van der Waals surface area contributed by atoms with Gasteiger partial charge in [-0.1, -0.05) is 42.9 Å². The molecule has 1 aromatic carbocycles. The fourth-order valence-corrected chi connectivity index (χ4v) is 3.75. The topological polar surface area (TPSA) is 15.6 Å². The predicted octanol–water partition coefficient (Wildman–Crippen LogP) is 2.76. The molecule has 2 aliphatic heterocycles. The van der Waals surface area contributed by atoms with Crippen molar-refractivity contribution in [3.8, 4) is 0 Å². The van der Waals surface area contributed by atoms with E-state index in [-0.39, 0.29) is 0 Å². The molecule has 86 valence electrons. The average molecular weight is 242 g/mol. The fraction of sp³-hybridized carbons (Fsp3) is 0.429. The standard InChI is InChI=1S/C14H14N2S/c17-14-11-6-3-7-12(11)15-13-10-5-2-1-4-9(10)8-16(13)14/h1-2,4-5,11-12H,3,6-8H2/t11-,12+/m1/s1. The van der Waals surface area contributed by atoms with Gasteiger partial charge in [0.05, 0.1) is 17.6 Å². The lowest BCUT2D eigenvalue weighted by molar-refractivity contribution is 0.502. The van der Waals surface area contributed by atoms with Crippen LogP contribution >= 0.6 is 12.2 Å². The third-order valence-electron chi connectivity index (χ3n) is 4.19. The van der Waals surface area contributed by atoms with E-state index in [1.165, 1.54) is 30.4 Å². The van der Waals surface area contributed by atoms with E-state index in [4.69, 9.17) is 17.2 Å².